The molecule has 1 fully saturated rings. The number of amides is 1. The number of fused-ring (bicyclic) bond motifs is 1. The van der Waals surface area contributed by atoms with Gasteiger partial charge in [-0.3, -0.25) is 14.8 Å². The number of aromatic nitrogens is 4. The van der Waals surface area contributed by atoms with Gasteiger partial charge in [0, 0.05) is 68.3 Å². The molecule has 0 atom stereocenters. The Morgan fingerprint density at radius 1 is 1.09 bits per heavy atom. The van der Waals surface area contributed by atoms with E-state index >= 15 is 0 Å². The lowest BCUT2D eigenvalue weighted by Gasteiger charge is -2.34. The number of hydrogen-bond acceptors (Lipinski definition) is 5. The molecular weight excluding hydrogens is 433 g/mol. The van der Waals surface area contributed by atoms with Gasteiger partial charge < -0.3 is 14.8 Å². The predicted molar refractivity (Wildman–Crippen MR) is 130 cm³/mol. The minimum atomic E-state index is -0.302. The molecule has 0 saturated carbocycles. The van der Waals surface area contributed by atoms with Crippen LogP contribution in [-0.2, 0) is 6.54 Å². The molecule has 0 radical (unpaired) electrons. The van der Waals surface area contributed by atoms with Gasteiger partial charge in [0.15, 0.2) is 0 Å². The van der Waals surface area contributed by atoms with E-state index in [-0.39, 0.29) is 11.7 Å². The number of rotatable bonds is 7. The first-order valence-corrected chi connectivity index (χ1v) is 11.2. The zero-order chi connectivity index (χ0) is 23.5. The molecule has 0 aliphatic carbocycles. The van der Waals surface area contributed by atoms with Gasteiger partial charge in [0.2, 0.25) is 0 Å². The number of anilines is 1. The normalized spacial score (nSPS) is 14.4. The summed E-state index contributed by atoms with van der Waals surface area (Å²) in [5, 5.41) is 11.3. The van der Waals surface area contributed by atoms with Crippen molar-refractivity contribution in [2.24, 2.45) is 0 Å². The van der Waals surface area contributed by atoms with Crippen LogP contribution in [0.3, 0.4) is 0 Å². The van der Waals surface area contributed by atoms with Crippen molar-refractivity contribution in [2.45, 2.75) is 6.54 Å². The fourth-order valence-electron chi connectivity index (χ4n) is 4.18. The summed E-state index contributed by atoms with van der Waals surface area (Å²) in [5.41, 5.74) is 3.34. The zero-order valence-electron chi connectivity index (χ0n) is 18.7. The fraction of sp³-hybridized carbons (Fsp3) is 0.240. The summed E-state index contributed by atoms with van der Waals surface area (Å²) in [6.07, 6.45) is 5.57. The van der Waals surface area contributed by atoms with Crippen molar-refractivity contribution in [3.05, 3.63) is 84.8 Å². The Morgan fingerprint density at radius 3 is 2.62 bits per heavy atom. The molecule has 0 unspecified atom stereocenters. The molecule has 8 nitrogen and oxygen atoms in total. The summed E-state index contributed by atoms with van der Waals surface area (Å²) >= 11 is 0. The van der Waals surface area contributed by atoms with E-state index in [2.05, 4.69) is 36.5 Å². The van der Waals surface area contributed by atoms with Crippen LogP contribution in [0.2, 0.25) is 0 Å². The molecule has 2 aromatic carbocycles. The summed E-state index contributed by atoms with van der Waals surface area (Å²) in [4.78, 5) is 21.6. The first kappa shape index (κ1) is 21.8. The van der Waals surface area contributed by atoms with Gasteiger partial charge in [0.1, 0.15) is 11.5 Å². The second-order valence-electron chi connectivity index (χ2n) is 8.38. The van der Waals surface area contributed by atoms with Gasteiger partial charge in [-0.15, -0.1) is 0 Å². The van der Waals surface area contributed by atoms with E-state index in [0.29, 0.717) is 35.7 Å². The molecule has 2 aromatic heterocycles. The third kappa shape index (κ3) is 4.69. The predicted octanol–water partition coefficient (Wildman–Crippen LogP) is 3.44. The summed E-state index contributed by atoms with van der Waals surface area (Å²) in [6.45, 7) is 8.98. The number of carbonyl (C=O) groups is 1. The maximum atomic E-state index is 13.2. The number of carbonyl (C=O) groups excluding carboxylic acids is 1. The Kier molecular flexibility index (Phi) is 6.09. The maximum absolute atomic E-state index is 13.2. The lowest BCUT2D eigenvalue weighted by Crippen LogP contribution is -2.49. The Labute approximate surface area is 196 Å². The molecule has 1 aliphatic heterocycles. The Hall–Kier alpha value is -3.98. The quantitative estimate of drug-likeness (QED) is 0.443. The first-order chi connectivity index (χ1) is 16.6. The average Bonchev–Trinajstić information content (AvgIpc) is 3.53. The molecule has 4 aromatic rings. The van der Waals surface area contributed by atoms with Gasteiger partial charge in [0.05, 0.1) is 17.5 Å². The molecule has 3 heterocycles. The molecule has 2 N–H and O–H groups in total. The van der Waals surface area contributed by atoms with Gasteiger partial charge in [0.25, 0.3) is 5.91 Å². The second kappa shape index (κ2) is 9.48. The molecular formula is C25H26FN7O. The number of aromatic amines is 1. The Bertz CT molecular complexity index is 1290. The van der Waals surface area contributed by atoms with E-state index in [9.17, 15) is 9.18 Å². The third-order valence-electron chi connectivity index (χ3n) is 6.13. The van der Waals surface area contributed by atoms with E-state index in [0.717, 1.165) is 37.1 Å². The van der Waals surface area contributed by atoms with E-state index in [1.54, 1.807) is 18.3 Å². The Morgan fingerprint density at radius 2 is 1.88 bits per heavy atom. The van der Waals surface area contributed by atoms with Crippen LogP contribution >= 0.6 is 0 Å². The van der Waals surface area contributed by atoms with Crippen molar-refractivity contribution in [3.63, 3.8) is 0 Å². The van der Waals surface area contributed by atoms with Crippen LogP contribution in [-0.4, -0.2) is 68.2 Å². The molecule has 1 amide bonds. The van der Waals surface area contributed by atoms with E-state index in [1.807, 2.05) is 35.6 Å². The number of imidazole rings is 1. The van der Waals surface area contributed by atoms with Gasteiger partial charge in [-0.05, 0) is 42.5 Å². The SMILES string of the molecule is C=C(Nc1ccc(F)cc1)c1n[nH]c2ccc(C(=O)N3CCN(CCn4ccnc4)CC3)cc12. The lowest BCUT2D eigenvalue weighted by molar-refractivity contribution is 0.0633. The van der Waals surface area contributed by atoms with Gasteiger partial charge in [-0.2, -0.15) is 5.10 Å². The minimum Gasteiger partial charge on any atom is -0.354 e. The van der Waals surface area contributed by atoms with Crippen molar-refractivity contribution in [1.29, 1.82) is 0 Å². The highest BCUT2D eigenvalue weighted by Crippen LogP contribution is 2.25. The molecule has 0 spiro atoms. The van der Waals surface area contributed by atoms with Crippen molar-refractivity contribution in [2.75, 3.05) is 38.0 Å². The number of nitrogens with zero attached hydrogens (tertiary/aromatic N) is 5. The molecule has 1 aliphatic rings. The molecule has 5 rings (SSSR count). The summed E-state index contributed by atoms with van der Waals surface area (Å²) in [5.74, 6) is -0.288. The number of hydrogen-bond donors (Lipinski definition) is 2. The van der Waals surface area contributed by atoms with Crippen LogP contribution in [0.25, 0.3) is 16.6 Å². The number of halogens is 1. The average molecular weight is 460 g/mol. The topological polar surface area (TPSA) is 82.1 Å². The molecule has 1 saturated heterocycles. The van der Waals surface area contributed by atoms with Gasteiger partial charge in [-0.1, -0.05) is 6.58 Å². The summed E-state index contributed by atoms with van der Waals surface area (Å²) in [6, 6.07) is 11.6. The number of nitrogens with one attached hydrogen (secondary N) is 2. The standard InChI is InChI=1S/C25H26FN7O/c1-18(28-21-5-3-20(26)4-6-21)24-22-16-19(2-7-23(22)29-30-24)25(34)33-14-12-31(13-15-33)10-11-32-9-8-27-17-32/h2-9,16-17,28H,1,10-15H2,(H,29,30). The monoisotopic (exact) mass is 459 g/mol. The molecule has 0 bridgehead atoms. The van der Waals surface area contributed by atoms with E-state index < -0.39 is 0 Å². The molecule has 34 heavy (non-hydrogen) atoms. The van der Waals surface area contributed by atoms with E-state index in [1.165, 1.54) is 12.1 Å². The lowest BCUT2D eigenvalue weighted by atomic mass is 10.1. The summed E-state index contributed by atoms with van der Waals surface area (Å²) in [7, 11) is 0. The van der Waals surface area contributed by atoms with Crippen LogP contribution in [0.1, 0.15) is 16.1 Å². The van der Waals surface area contributed by atoms with Crippen LogP contribution in [0.5, 0.6) is 0 Å². The summed E-state index contributed by atoms with van der Waals surface area (Å²) < 4.78 is 15.3. The van der Waals surface area contributed by atoms with Gasteiger partial charge in [-0.25, -0.2) is 9.37 Å². The fourth-order valence-corrected chi connectivity index (χ4v) is 4.18. The largest absolute Gasteiger partial charge is 0.354 e. The zero-order valence-corrected chi connectivity index (χ0v) is 18.7. The Balaban J connectivity index is 1.24. The van der Waals surface area contributed by atoms with Crippen LogP contribution in [0.15, 0.2) is 67.8 Å². The van der Waals surface area contributed by atoms with Crippen LogP contribution in [0.4, 0.5) is 10.1 Å². The number of benzene rings is 2. The van der Waals surface area contributed by atoms with Crippen LogP contribution in [0, 0.1) is 5.82 Å². The van der Waals surface area contributed by atoms with Crippen molar-refractivity contribution in [1.82, 2.24) is 29.5 Å². The van der Waals surface area contributed by atoms with Crippen molar-refractivity contribution < 1.29 is 9.18 Å². The number of piperazine rings is 1. The molecule has 174 valence electrons. The third-order valence-corrected chi connectivity index (χ3v) is 6.13. The highest BCUT2D eigenvalue weighted by molar-refractivity contribution is 6.01. The van der Waals surface area contributed by atoms with Crippen molar-refractivity contribution in [3.8, 4) is 0 Å². The highest BCUT2D eigenvalue weighted by atomic mass is 19.1. The van der Waals surface area contributed by atoms with Crippen molar-refractivity contribution >= 4 is 28.2 Å². The second-order valence-corrected chi connectivity index (χ2v) is 8.38. The number of H-pyrrole nitrogens is 1. The maximum Gasteiger partial charge on any atom is 0.253 e. The van der Waals surface area contributed by atoms with Crippen LogP contribution < -0.4 is 5.32 Å². The molecule has 9 heteroatoms. The van der Waals surface area contributed by atoms with Gasteiger partial charge >= 0.3 is 0 Å². The first-order valence-electron chi connectivity index (χ1n) is 11.2. The highest BCUT2D eigenvalue weighted by Gasteiger charge is 2.23. The van der Waals surface area contributed by atoms with E-state index in [4.69, 9.17) is 0 Å². The smallest absolute Gasteiger partial charge is 0.253 e. The minimum absolute atomic E-state index is 0.0143.